The lowest BCUT2D eigenvalue weighted by Gasteiger charge is -2.20. The Labute approximate surface area is 84.0 Å². The number of esters is 1. The lowest BCUT2D eigenvalue weighted by molar-refractivity contribution is -0.141. The highest BCUT2D eigenvalue weighted by atomic mass is 16.5. The van der Waals surface area contributed by atoms with E-state index in [-0.39, 0.29) is 18.4 Å². The molecule has 4 nitrogen and oxygen atoms in total. The van der Waals surface area contributed by atoms with Crippen LogP contribution in [0, 0.1) is 5.92 Å². The van der Waals surface area contributed by atoms with Crippen LogP contribution in [0.5, 0.6) is 0 Å². The lowest BCUT2D eigenvalue weighted by Crippen LogP contribution is -2.35. The summed E-state index contributed by atoms with van der Waals surface area (Å²) in [6.07, 6.45) is 5.37. The van der Waals surface area contributed by atoms with E-state index in [0.29, 0.717) is 0 Å². The van der Waals surface area contributed by atoms with E-state index >= 15 is 0 Å². The third-order valence-corrected chi connectivity index (χ3v) is 2.61. The van der Waals surface area contributed by atoms with Crippen LogP contribution in [0.15, 0.2) is 0 Å². The first-order valence-corrected chi connectivity index (χ1v) is 5.08. The van der Waals surface area contributed by atoms with E-state index in [9.17, 15) is 9.59 Å². The Morgan fingerprint density at radius 1 is 1.29 bits per heavy atom. The average molecular weight is 199 g/mol. The Balaban J connectivity index is 2.23. The van der Waals surface area contributed by atoms with Gasteiger partial charge in [-0.2, -0.15) is 0 Å². The molecule has 0 saturated heterocycles. The SMILES string of the molecule is COC(=O)CNC(=O)C1CCCCC1. The van der Waals surface area contributed by atoms with Gasteiger partial charge < -0.3 is 10.1 Å². The topological polar surface area (TPSA) is 55.4 Å². The normalized spacial score (nSPS) is 17.5. The van der Waals surface area contributed by atoms with Crippen LogP contribution in [0.3, 0.4) is 0 Å². The second-order valence-corrected chi connectivity index (χ2v) is 3.63. The van der Waals surface area contributed by atoms with E-state index in [1.54, 1.807) is 0 Å². The Kier molecular flexibility index (Phi) is 4.43. The maximum Gasteiger partial charge on any atom is 0.325 e. The minimum absolute atomic E-state index is 0.00454. The fourth-order valence-corrected chi connectivity index (χ4v) is 1.74. The summed E-state index contributed by atoms with van der Waals surface area (Å²) in [5.74, 6) is -0.294. The van der Waals surface area contributed by atoms with Gasteiger partial charge in [0.05, 0.1) is 7.11 Å². The summed E-state index contributed by atoms with van der Waals surface area (Å²) in [5.41, 5.74) is 0. The van der Waals surface area contributed by atoms with Crippen molar-refractivity contribution >= 4 is 11.9 Å². The van der Waals surface area contributed by atoms with Gasteiger partial charge in [-0.3, -0.25) is 9.59 Å². The zero-order chi connectivity index (χ0) is 10.4. The molecule has 14 heavy (non-hydrogen) atoms. The molecule has 0 aromatic heterocycles. The number of nitrogens with one attached hydrogen (secondary N) is 1. The molecule has 4 heteroatoms. The van der Waals surface area contributed by atoms with Crippen LogP contribution in [0.25, 0.3) is 0 Å². The molecule has 0 atom stereocenters. The number of carbonyl (C=O) groups excluding carboxylic acids is 2. The molecule has 0 bridgehead atoms. The molecule has 0 heterocycles. The largest absolute Gasteiger partial charge is 0.468 e. The summed E-state index contributed by atoms with van der Waals surface area (Å²) < 4.78 is 4.43. The molecule has 80 valence electrons. The van der Waals surface area contributed by atoms with Crippen LogP contribution < -0.4 is 5.32 Å². The standard InChI is InChI=1S/C10H17NO3/c1-14-9(12)7-11-10(13)8-5-3-2-4-6-8/h8H,2-7H2,1H3,(H,11,13). The van der Waals surface area contributed by atoms with Crippen molar-refractivity contribution in [2.75, 3.05) is 13.7 Å². The summed E-state index contributed by atoms with van der Waals surface area (Å²) in [4.78, 5) is 22.3. The van der Waals surface area contributed by atoms with Crippen molar-refractivity contribution in [1.29, 1.82) is 0 Å². The molecule has 0 aliphatic heterocycles. The third kappa shape index (κ3) is 3.36. The van der Waals surface area contributed by atoms with Crippen LogP contribution in [0.1, 0.15) is 32.1 Å². The minimum atomic E-state index is -0.394. The molecule has 1 amide bonds. The zero-order valence-electron chi connectivity index (χ0n) is 8.54. The number of hydrogen-bond donors (Lipinski definition) is 1. The highest BCUT2D eigenvalue weighted by Crippen LogP contribution is 2.23. The van der Waals surface area contributed by atoms with Gasteiger partial charge in [0.15, 0.2) is 0 Å². The molecule has 1 fully saturated rings. The average Bonchev–Trinajstić information content (AvgIpc) is 2.26. The Bertz CT molecular complexity index is 209. The molecular formula is C10H17NO3. The number of hydrogen-bond acceptors (Lipinski definition) is 3. The van der Waals surface area contributed by atoms with Crippen molar-refractivity contribution < 1.29 is 14.3 Å². The van der Waals surface area contributed by atoms with Crippen molar-refractivity contribution in [3.63, 3.8) is 0 Å². The molecular weight excluding hydrogens is 182 g/mol. The first-order valence-electron chi connectivity index (χ1n) is 5.08. The molecule has 0 spiro atoms. The van der Waals surface area contributed by atoms with E-state index in [4.69, 9.17) is 0 Å². The van der Waals surface area contributed by atoms with Gasteiger partial charge in [0, 0.05) is 5.92 Å². The maximum absolute atomic E-state index is 11.5. The van der Waals surface area contributed by atoms with Gasteiger partial charge in [-0.1, -0.05) is 19.3 Å². The lowest BCUT2D eigenvalue weighted by atomic mass is 9.89. The summed E-state index contributed by atoms with van der Waals surface area (Å²) in [6.45, 7) is -0.00810. The molecule has 1 saturated carbocycles. The Hall–Kier alpha value is -1.06. The van der Waals surface area contributed by atoms with Crippen LogP contribution in [-0.2, 0) is 14.3 Å². The maximum atomic E-state index is 11.5. The summed E-state index contributed by atoms with van der Waals surface area (Å²) in [7, 11) is 1.31. The van der Waals surface area contributed by atoms with Gasteiger partial charge in [-0.05, 0) is 12.8 Å². The van der Waals surface area contributed by atoms with Crippen molar-refractivity contribution in [3.8, 4) is 0 Å². The van der Waals surface area contributed by atoms with Gasteiger partial charge in [-0.25, -0.2) is 0 Å². The fourth-order valence-electron chi connectivity index (χ4n) is 1.74. The molecule has 0 aromatic rings. The first kappa shape index (κ1) is 11.0. The van der Waals surface area contributed by atoms with E-state index in [2.05, 4.69) is 10.1 Å². The van der Waals surface area contributed by atoms with E-state index in [0.717, 1.165) is 25.7 Å². The molecule has 0 aromatic carbocycles. The van der Waals surface area contributed by atoms with Crippen molar-refractivity contribution in [1.82, 2.24) is 5.32 Å². The number of methoxy groups -OCH3 is 1. The molecule has 1 N–H and O–H groups in total. The number of carbonyl (C=O) groups is 2. The zero-order valence-corrected chi connectivity index (χ0v) is 8.54. The van der Waals surface area contributed by atoms with E-state index in [1.165, 1.54) is 13.5 Å². The van der Waals surface area contributed by atoms with Gasteiger partial charge in [-0.15, -0.1) is 0 Å². The van der Waals surface area contributed by atoms with Crippen molar-refractivity contribution in [2.24, 2.45) is 5.92 Å². The van der Waals surface area contributed by atoms with Crippen LogP contribution in [-0.4, -0.2) is 25.5 Å². The summed E-state index contributed by atoms with van der Waals surface area (Å²) >= 11 is 0. The highest BCUT2D eigenvalue weighted by molar-refractivity contribution is 5.83. The monoisotopic (exact) mass is 199 g/mol. The number of rotatable bonds is 3. The predicted octanol–water partition coefficient (Wildman–Crippen LogP) is 0.856. The summed E-state index contributed by atoms with van der Waals surface area (Å²) in [6, 6.07) is 0. The van der Waals surface area contributed by atoms with Gasteiger partial charge >= 0.3 is 5.97 Å². The fraction of sp³-hybridized carbons (Fsp3) is 0.800. The Morgan fingerprint density at radius 2 is 1.93 bits per heavy atom. The molecule has 1 aliphatic carbocycles. The first-order chi connectivity index (χ1) is 6.74. The van der Waals surface area contributed by atoms with E-state index in [1.807, 2.05) is 0 Å². The Morgan fingerprint density at radius 3 is 2.50 bits per heavy atom. The molecule has 1 aliphatic rings. The van der Waals surface area contributed by atoms with Crippen molar-refractivity contribution in [2.45, 2.75) is 32.1 Å². The minimum Gasteiger partial charge on any atom is -0.468 e. The van der Waals surface area contributed by atoms with Crippen LogP contribution in [0.2, 0.25) is 0 Å². The van der Waals surface area contributed by atoms with Crippen LogP contribution in [0.4, 0.5) is 0 Å². The predicted molar refractivity (Wildman–Crippen MR) is 51.6 cm³/mol. The third-order valence-electron chi connectivity index (χ3n) is 2.61. The van der Waals surface area contributed by atoms with E-state index < -0.39 is 5.97 Å². The number of ether oxygens (including phenoxy) is 1. The van der Waals surface area contributed by atoms with Gasteiger partial charge in [0.25, 0.3) is 0 Å². The van der Waals surface area contributed by atoms with Gasteiger partial charge in [0.2, 0.25) is 5.91 Å². The number of amides is 1. The molecule has 1 rings (SSSR count). The quantitative estimate of drug-likeness (QED) is 0.686. The summed E-state index contributed by atoms with van der Waals surface area (Å²) in [5, 5.41) is 2.59. The second kappa shape index (κ2) is 5.62. The second-order valence-electron chi connectivity index (χ2n) is 3.63. The van der Waals surface area contributed by atoms with Crippen LogP contribution >= 0.6 is 0 Å². The highest BCUT2D eigenvalue weighted by Gasteiger charge is 2.21. The molecule has 0 unspecified atom stereocenters. The van der Waals surface area contributed by atoms with Crippen molar-refractivity contribution in [3.05, 3.63) is 0 Å². The molecule has 0 radical (unpaired) electrons. The smallest absolute Gasteiger partial charge is 0.325 e. The van der Waals surface area contributed by atoms with Gasteiger partial charge in [0.1, 0.15) is 6.54 Å².